The van der Waals surface area contributed by atoms with Gasteiger partial charge < -0.3 is 16.4 Å². The summed E-state index contributed by atoms with van der Waals surface area (Å²) in [6, 6.07) is 6.81. The lowest BCUT2D eigenvalue weighted by atomic mass is 10.1. The zero-order valence-electron chi connectivity index (χ0n) is 11.4. The van der Waals surface area contributed by atoms with Gasteiger partial charge in [0.2, 0.25) is 5.91 Å². The van der Waals surface area contributed by atoms with E-state index in [9.17, 15) is 9.59 Å². The Hall–Kier alpha value is -1.59. The zero-order chi connectivity index (χ0) is 13.8. The van der Waals surface area contributed by atoms with Crippen LogP contribution in [0.4, 0.5) is 5.69 Å². The number of nitrogens with one attached hydrogen (secondary N) is 2. The molecule has 1 fully saturated rings. The van der Waals surface area contributed by atoms with Gasteiger partial charge in [-0.3, -0.25) is 9.59 Å². The molecule has 1 aromatic rings. The van der Waals surface area contributed by atoms with Crippen LogP contribution in [0.3, 0.4) is 0 Å². The average molecular weight is 298 g/mol. The van der Waals surface area contributed by atoms with Crippen molar-refractivity contribution in [3.05, 3.63) is 29.8 Å². The molecule has 0 radical (unpaired) electrons. The van der Waals surface area contributed by atoms with Crippen molar-refractivity contribution in [1.29, 1.82) is 0 Å². The topological polar surface area (TPSA) is 84.2 Å². The van der Waals surface area contributed by atoms with Crippen molar-refractivity contribution < 1.29 is 9.59 Å². The predicted octanol–water partition coefficient (Wildman–Crippen LogP) is 1.53. The first-order chi connectivity index (χ1) is 9.10. The maximum absolute atomic E-state index is 11.8. The standard InChI is InChI=1S/C14H19N3O2.ClH/c1-9(8-15)16-13(18)11-4-6-12(7-5-11)17-14(19)10-2-3-10;/h4-7,9-10H,2-3,8,15H2,1H3,(H,16,18)(H,17,19);1H/t9-;/m0./s1. The molecule has 2 amide bonds. The fourth-order valence-electron chi connectivity index (χ4n) is 1.66. The van der Waals surface area contributed by atoms with Gasteiger partial charge in [0.05, 0.1) is 0 Å². The third-order valence-electron chi connectivity index (χ3n) is 3.09. The Bertz CT molecular complexity index is 472. The molecule has 0 unspecified atom stereocenters. The Morgan fingerprint density at radius 1 is 1.30 bits per heavy atom. The van der Waals surface area contributed by atoms with Gasteiger partial charge in [0.15, 0.2) is 0 Å². The molecule has 1 aliphatic rings. The molecule has 20 heavy (non-hydrogen) atoms. The number of carbonyl (C=O) groups is 2. The van der Waals surface area contributed by atoms with Crippen LogP contribution in [0.25, 0.3) is 0 Å². The second-order valence-corrected chi connectivity index (χ2v) is 4.95. The van der Waals surface area contributed by atoms with Gasteiger partial charge in [0, 0.05) is 29.8 Å². The van der Waals surface area contributed by atoms with E-state index in [1.54, 1.807) is 24.3 Å². The SMILES string of the molecule is C[C@@H](CN)NC(=O)c1ccc(NC(=O)C2CC2)cc1.Cl. The molecule has 0 heterocycles. The van der Waals surface area contributed by atoms with Crippen LogP contribution in [0.1, 0.15) is 30.1 Å². The Labute approximate surface area is 124 Å². The van der Waals surface area contributed by atoms with Crippen molar-refractivity contribution in [1.82, 2.24) is 5.32 Å². The van der Waals surface area contributed by atoms with Crippen molar-refractivity contribution in [3.8, 4) is 0 Å². The monoisotopic (exact) mass is 297 g/mol. The van der Waals surface area contributed by atoms with E-state index in [1.807, 2.05) is 6.92 Å². The first kappa shape index (κ1) is 16.5. The minimum atomic E-state index is -0.155. The number of benzene rings is 1. The molecule has 5 nitrogen and oxygen atoms in total. The molecule has 1 aliphatic carbocycles. The minimum absolute atomic E-state index is 0. The first-order valence-corrected chi connectivity index (χ1v) is 6.52. The van der Waals surface area contributed by atoms with Gasteiger partial charge in [-0.15, -0.1) is 12.4 Å². The van der Waals surface area contributed by atoms with Crippen molar-refractivity contribution in [2.24, 2.45) is 11.7 Å². The van der Waals surface area contributed by atoms with Crippen LogP contribution in [0.15, 0.2) is 24.3 Å². The minimum Gasteiger partial charge on any atom is -0.348 e. The molecule has 4 N–H and O–H groups in total. The third kappa shape index (κ3) is 4.51. The smallest absolute Gasteiger partial charge is 0.251 e. The second kappa shape index (κ2) is 7.26. The molecule has 1 aromatic carbocycles. The van der Waals surface area contributed by atoms with Gasteiger partial charge in [0.1, 0.15) is 0 Å². The lowest BCUT2D eigenvalue weighted by molar-refractivity contribution is -0.117. The maximum Gasteiger partial charge on any atom is 0.251 e. The van der Waals surface area contributed by atoms with Crippen LogP contribution in [-0.4, -0.2) is 24.4 Å². The van der Waals surface area contributed by atoms with Gasteiger partial charge in [-0.1, -0.05) is 0 Å². The van der Waals surface area contributed by atoms with E-state index in [1.165, 1.54) is 0 Å². The average Bonchev–Trinajstić information content (AvgIpc) is 3.23. The molecule has 6 heteroatoms. The van der Waals surface area contributed by atoms with Gasteiger partial charge in [0.25, 0.3) is 5.91 Å². The fraction of sp³-hybridized carbons (Fsp3) is 0.429. The molecular formula is C14H20ClN3O2. The highest BCUT2D eigenvalue weighted by Crippen LogP contribution is 2.30. The lowest BCUT2D eigenvalue weighted by Crippen LogP contribution is -2.37. The van der Waals surface area contributed by atoms with E-state index in [2.05, 4.69) is 10.6 Å². The Morgan fingerprint density at radius 3 is 2.40 bits per heavy atom. The molecule has 0 spiro atoms. The molecule has 0 aromatic heterocycles. The number of nitrogens with two attached hydrogens (primary N) is 1. The summed E-state index contributed by atoms with van der Waals surface area (Å²) in [7, 11) is 0. The van der Waals surface area contributed by atoms with Crippen LogP contribution in [-0.2, 0) is 4.79 Å². The van der Waals surface area contributed by atoms with E-state index in [-0.39, 0.29) is 36.2 Å². The molecule has 2 rings (SSSR count). The third-order valence-corrected chi connectivity index (χ3v) is 3.09. The highest BCUT2D eigenvalue weighted by molar-refractivity contribution is 5.96. The molecule has 110 valence electrons. The number of carbonyl (C=O) groups excluding carboxylic acids is 2. The Balaban J connectivity index is 0.00000200. The number of hydrogen-bond donors (Lipinski definition) is 3. The van der Waals surface area contributed by atoms with Crippen LogP contribution in [0.5, 0.6) is 0 Å². The van der Waals surface area contributed by atoms with Crippen LogP contribution < -0.4 is 16.4 Å². The van der Waals surface area contributed by atoms with Gasteiger partial charge in [-0.25, -0.2) is 0 Å². The summed E-state index contributed by atoms with van der Waals surface area (Å²) in [5, 5.41) is 5.61. The molecule has 0 bridgehead atoms. The van der Waals surface area contributed by atoms with Crippen LogP contribution in [0.2, 0.25) is 0 Å². The van der Waals surface area contributed by atoms with Crippen molar-refractivity contribution in [3.63, 3.8) is 0 Å². The fourth-order valence-corrected chi connectivity index (χ4v) is 1.66. The summed E-state index contributed by atoms with van der Waals surface area (Å²) in [6.07, 6.45) is 1.95. The predicted molar refractivity (Wildman–Crippen MR) is 81.0 cm³/mol. The van der Waals surface area contributed by atoms with Gasteiger partial charge in [-0.2, -0.15) is 0 Å². The molecule has 1 saturated carbocycles. The van der Waals surface area contributed by atoms with Gasteiger partial charge in [-0.05, 0) is 44.0 Å². The lowest BCUT2D eigenvalue weighted by Gasteiger charge is -2.11. The maximum atomic E-state index is 11.8. The van der Waals surface area contributed by atoms with Crippen LogP contribution in [0, 0.1) is 5.92 Å². The summed E-state index contributed by atoms with van der Waals surface area (Å²) < 4.78 is 0. The van der Waals surface area contributed by atoms with Crippen molar-refractivity contribution in [2.75, 3.05) is 11.9 Å². The van der Waals surface area contributed by atoms with E-state index in [0.29, 0.717) is 12.1 Å². The summed E-state index contributed by atoms with van der Waals surface area (Å²) in [6.45, 7) is 2.25. The van der Waals surface area contributed by atoms with E-state index in [4.69, 9.17) is 5.73 Å². The number of anilines is 1. The van der Waals surface area contributed by atoms with Gasteiger partial charge >= 0.3 is 0 Å². The Morgan fingerprint density at radius 2 is 1.90 bits per heavy atom. The summed E-state index contributed by atoms with van der Waals surface area (Å²) in [5.41, 5.74) is 6.73. The molecule has 0 saturated heterocycles. The number of amides is 2. The highest BCUT2D eigenvalue weighted by Gasteiger charge is 2.29. The summed E-state index contributed by atoms with van der Waals surface area (Å²) >= 11 is 0. The zero-order valence-corrected chi connectivity index (χ0v) is 12.2. The Kier molecular flexibility index (Phi) is 5.98. The number of halogens is 1. The normalized spacial score (nSPS) is 14.9. The summed E-state index contributed by atoms with van der Waals surface area (Å²) in [5.74, 6) is 0.0837. The molecule has 0 aliphatic heterocycles. The van der Waals surface area contributed by atoms with Crippen LogP contribution >= 0.6 is 12.4 Å². The molecule has 1 atom stereocenters. The quantitative estimate of drug-likeness (QED) is 0.770. The van der Waals surface area contributed by atoms with Crippen molar-refractivity contribution in [2.45, 2.75) is 25.8 Å². The van der Waals surface area contributed by atoms with Crippen molar-refractivity contribution >= 4 is 29.9 Å². The molecular weight excluding hydrogens is 278 g/mol. The number of rotatable bonds is 5. The second-order valence-electron chi connectivity index (χ2n) is 4.95. The largest absolute Gasteiger partial charge is 0.348 e. The van der Waals surface area contributed by atoms with E-state index in [0.717, 1.165) is 18.5 Å². The first-order valence-electron chi connectivity index (χ1n) is 6.52. The number of hydrogen-bond acceptors (Lipinski definition) is 3. The summed E-state index contributed by atoms with van der Waals surface area (Å²) in [4.78, 5) is 23.4. The van der Waals surface area contributed by atoms with E-state index >= 15 is 0 Å². The van der Waals surface area contributed by atoms with E-state index < -0.39 is 0 Å². The highest BCUT2D eigenvalue weighted by atomic mass is 35.5.